The van der Waals surface area contributed by atoms with Crippen LogP contribution in [0.3, 0.4) is 0 Å². The zero-order chi connectivity index (χ0) is 21.9. The molecule has 1 rings (SSSR count). The Morgan fingerprint density at radius 1 is 1.07 bits per heavy atom. The Labute approximate surface area is 178 Å². The van der Waals surface area contributed by atoms with E-state index in [4.69, 9.17) is 0 Å². The maximum Gasteiger partial charge on any atom is 0.232 e. The van der Waals surface area contributed by atoms with E-state index in [0.717, 1.165) is 42.5 Å². The Morgan fingerprint density at radius 2 is 1.69 bits per heavy atom. The van der Waals surface area contributed by atoms with Crippen LogP contribution >= 0.6 is 0 Å². The number of benzene rings is 1. The molecule has 0 fully saturated rings. The summed E-state index contributed by atoms with van der Waals surface area (Å²) >= 11 is 0. The molecule has 1 amide bonds. The van der Waals surface area contributed by atoms with Gasteiger partial charge in [0.05, 0.1) is 11.9 Å². The highest BCUT2D eigenvalue weighted by Gasteiger charge is 2.22. The van der Waals surface area contributed by atoms with Gasteiger partial charge in [-0.15, -0.1) is 0 Å². The van der Waals surface area contributed by atoms with Crippen molar-refractivity contribution in [2.24, 2.45) is 5.92 Å². The Morgan fingerprint density at radius 3 is 2.17 bits per heavy atom. The molecule has 0 spiro atoms. The van der Waals surface area contributed by atoms with Crippen molar-refractivity contribution in [3.63, 3.8) is 0 Å². The first kappa shape index (κ1) is 25.5. The summed E-state index contributed by atoms with van der Waals surface area (Å²) in [6, 6.07) is 5.96. The quantitative estimate of drug-likeness (QED) is 0.471. The number of sulfonamides is 1. The van der Waals surface area contributed by atoms with E-state index in [0.29, 0.717) is 31.8 Å². The van der Waals surface area contributed by atoms with Crippen molar-refractivity contribution in [2.75, 3.05) is 23.7 Å². The number of nitrogens with one attached hydrogen (secondary N) is 1. The van der Waals surface area contributed by atoms with E-state index < -0.39 is 10.0 Å². The average Bonchev–Trinajstić information content (AvgIpc) is 2.70. The molecule has 1 aromatic rings. The number of carbonyl (C=O) groups excluding carboxylic acids is 1. The molecule has 1 aromatic carbocycles. The summed E-state index contributed by atoms with van der Waals surface area (Å²) < 4.78 is 26.5. The van der Waals surface area contributed by atoms with Crippen LogP contribution in [0.4, 0.5) is 5.69 Å². The topological polar surface area (TPSA) is 66.5 Å². The second kappa shape index (κ2) is 12.9. The lowest BCUT2D eigenvalue weighted by molar-refractivity contribution is -0.121. The normalized spacial score (nSPS) is 12.6. The van der Waals surface area contributed by atoms with Crippen molar-refractivity contribution in [1.82, 2.24) is 5.32 Å². The Hall–Kier alpha value is -1.56. The molecular formula is C23H40N2O3S. The van der Waals surface area contributed by atoms with Gasteiger partial charge in [0, 0.05) is 19.5 Å². The second-order valence-electron chi connectivity index (χ2n) is 7.79. The van der Waals surface area contributed by atoms with Gasteiger partial charge in [0.15, 0.2) is 0 Å². The number of rotatable bonds is 14. The van der Waals surface area contributed by atoms with Crippen LogP contribution in [0.15, 0.2) is 18.2 Å². The molecule has 0 heterocycles. The highest BCUT2D eigenvalue weighted by molar-refractivity contribution is 7.92. The summed E-state index contributed by atoms with van der Waals surface area (Å²) in [5.74, 6) is 0.530. The molecule has 0 unspecified atom stereocenters. The van der Waals surface area contributed by atoms with Gasteiger partial charge in [-0.25, -0.2) is 8.42 Å². The third kappa shape index (κ3) is 8.37. The average molecular weight is 425 g/mol. The molecule has 6 heteroatoms. The number of anilines is 1. The van der Waals surface area contributed by atoms with E-state index in [1.165, 1.54) is 23.4 Å². The van der Waals surface area contributed by atoms with Crippen LogP contribution in [0.1, 0.15) is 77.3 Å². The molecule has 0 aromatic heterocycles. The van der Waals surface area contributed by atoms with Crippen LogP contribution in [-0.2, 0) is 27.7 Å². The minimum absolute atomic E-state index is 0.00731. The SMILES string of the molecule is CCCC[C@H](CC)CNC(=O)CCCN(c1c(CC)cccc1CC)S(C)(=O)=O. The third-order valence-electron chi connectivity index (χ3n) is 5.51. The first-order chi connectivity index (χ1) is 13.8. The largest absolute Gasteiger partial charge is 0.356 e. The minimum atomic E-state index is -3.42. The van der Waals surface area contributed by atoms with Gasteiger partial charge < -0.3 is 5.32 Å². The molecule has 29 heavy (non-hydrogen) atoms. The van der Waals surface area contributed by atoms with E-state index >= 15 is 0 Å². The van der Waals surface area contributed by atoms with Crippen LogP contribution in [0.25, 0.3) is 0 Å². The Bertz CT molecular complexity index is 709. The maximum atomic E-state index is 12.5. The first-order valence-electron chi connectivity index (χ1n) is 11.1. The third-order valence-corrected chi connectivity index (χ3v) is 6.68. The fourth-order valence-electron chi connectivity index (χ4n) is 3.65. The van der Waals surface area contributed by atoms with Crippen molar-refractivity contribution >= 4 is 21.6 Å². The van der Waals surface area contributed by atoms with Crippen LogP contribution in [0.5, 0.6) is 0 Å². The molecule has 0 radical (unpaired) electrons. The molecule has 5 nitrogen and oxygen atoms in total. The molecule has 0 aliphatic carbocycles. The zero-order valence-corrected chi connectivity index (χ0v) is 19.8. The summed E-state index contributed by atoms with van der Waals surface area (Å²) in [5, 5.41) is 3.03. The molecule has 0 aliphatic heterocycles. The monoisotopic (exact) mass is 424 g/mol. The maximum absolute atomic E-state index is 12.5. The fourth-order valence-corrected chi connectivity index (χ4v) is 4.68. The van der Waals surface area contributed by atoms with E-state index in [9.17, 15) is 13.2 Å². The molecule has 0 aliphatic rings. The summed E-state index contributed by atoms with van der Waals surface area (Å²) in [6.07, 6.45) is 8.20. The second-order valence-corrected chi connectivity index (χ2v) is 9.70. The summed E-state index contributed by atoms with van der Waals surface area (Å²) in [6.45, 7) is 9.45. The number of hydrogen-bond acceptors (Lipinski definition) is 3. The van der Waals surface area contributed by atoms with Gasteiger partial charge in [-0.3, -0.25) is 9.10 Å². The van der Waals surface area contributed by atoms with Crippen molar-refractivity contribution in [2.45, 2.75) is 79.1 Å². The van der Waals surface area contributed by atoms with Crippen molar-refractivity contribution < 1.29 is 13.2 Å². The molecule has 1 N–H and O–H groups in total. The lowest BCUT2D eigenvalue weighted by Crippen LogP contribution is -2.34. The molecule has 0 bridgehead atoms. The minimum Gasteiger partial charge on any atom is -0.356 e. The fraction of sp³-hybridized carbons (Fsp3) is 0.696. The molecular weight excluding hydrogens is 384 g/mol. The Balaban J connectivity index is 2.75. The number of carbonyl (C=O) groups is 1. The standard InChI is InChI=1S/C23H40N2O3S/c1-6-10-13-19(7-2)18-24-22(26)16-12-17-25(29(5,27)28)23-20(8-3)14-11-15-21(23)9-4/h11,14-15,19H,6-10,12-13,16-18H2,1-5H3,(H,24,26)/t19-/m0/s1. The van der Waals surface area contributed by atoms with Gasteiger partial charge in [-0.2, -0.15) is 0 Å². The lowest BCUT2D eigenvalue weighted by Gasteiger charge is -2.27. The van der Waals surface area contributed by atoms with Crippen LogP contribution in [0.2, 0.25) is 0 Å². The zero-order valence-electron chi connectivity index (χ0n) is 19.0. The predicted molar refractivity (Wildman–Crippen MR) is 123 cm³/mol. The van der Waals surface area contributed by atoms with Gasteiger partial charge in [-0.1, -0.05) is 65.2 Å². The van der Waals surface area contributed by atoms with E-state index in [2.05, 4.69) is 19.2 Å². The first-order valence-corrected chi connectivity index (χ1v) is 13.0. The highest BCUT2D eigenvalue weighted by Crippen LogP contribution is 2.29. The van der Waals surface area contributed by atoms with Crippen LogP contribution < -0.4 is 9.62 Å². The van der Waals surface area contributed by atoms with Crippen molar-refractivity contribution in [3.05, 3.63) is 29.3 Å². The van der Waals surface area contributed by atoms with E-state index in [1.54, 1.807) is 0 Å². The molecule has 166 valence electrons. The van der Waals surface area contributed by atoms with Crippen molar-refractivity contribution in [3.8, 4) is 0 Å². The highest BCUT2D eigenvalue weighted by atomic mass is 32.2. The van der Waals surface area contributed by atoms with Crippen molar-refractivity contribution in [1.29, 1.82) is 0 Å². The number of aryl methyl sites for hydroxylation is 2. The summed E-state index contributed by atoms with van der Waals surface area (Å²) in [4.78, 5) is 12.3. The van der Waals surface area contributed by atoms with Gasteiger partial charge in [-0.05, 0) is 42.7 Å². The molecule has 0 saturated heterocycles. The predicted octanol–water partition coefficient (Wildman–Crippen LogP) is 4.69. The van der Waals surface area contributed by atoms with Crippen LogP contribution in [-0.4, -0.2) is 33.7 Å². The number of para-hydroxylation sites is 1. The summed E-state index contributed by atoms with van der Waals surface area (Å²) in [5.41, 5.74) is 2.85. The summed E-state index contributed by atoms with van der Waals surface area (Å²) in [7, 11) is -3.42. The van der Waals surface area contributed by atoms with Gasteiger partial charge in [0.1, 0.15) is 0 Å². The lowest BCUT2D eigenvalue weighted by atomic mass is 9.99. The molecule has 1 atom stereocenters. The number of hydrogen-bond donors (Lipinski definition) is 1. The van der Waals surface area contributed by atoms with E-state index in [1.807, 2.05) is 32.0 Å². The van der Waals surface area contributed by atoms with Gasteiger partial charge in [0.25, 0.3) is 0 Å². The number of nitrogens with zero attached hydrogens (tertiary/aromatic N) is 1. The van der Waals surface area contributed by atoms with Gasteiger partial charge in [0.2, 0.25) is 15.9 Å². The number of unbranched alkanes of at least 4 members (excludes halogenated alkanes) is 1. The number of amides is 1. The van der Waals surface area contributed by atoms with E-state index in [-0.39, 0.29) is 5.91 Å². The van der Waals surface area contributed by atoms with Crippen LogP contribution in [0, 0.1) is 5.92 Å². The smallest absolute Gasteiger partial charge is 0.232 e. The molecule has 0 saturated carbocycles. The van der Waals surface area contributed by atoms with Gasteiger partial charge >= 0.3 is 0 Å². The Kier molecular flexibility index (Phi) is 11.3.